The van der Waals surface area contributed by atoms with Gasteiger partial charge in [0.05, 0.1) is 15.9 Å². The number of nitro groups is 2. The van der Waals surface area contributed by atoms with Gasteiger partial charge >= 0.3 is 0 Å². The molecular formula is C10H9N5O4S. The molecule has 1 aromatic heterocycles. The van der Waals surface area contributed by atoms with Crippen molar-refractivity contribution in [1.82, 2.24) is 10.2 Å². The van der Waals surface area contributed by atoms with E-state index in [0.29, 0.717) is 11.6 Å². The molecule has 20 heavy (non-hydrogen) atoms. The van der Waals surface area contributed by atoms with Gasteiger partial charge in [-0.2, -0.15) is 0 Å². The van der Waals surface area contributed by atoms with Gasteiger partial charge in [-0.1, -0.05) is 18.3 Å². The van der Waals surface area contributed by atoms with E-state index in [4.69, 9.17) is 0 Å². The molecule has 0 aliphatic rings. The minimum atomic E-state index is -0.684. The van der Waals surface area contributed by atoms with Gasteiger partial charge in [0.25, 0.3) is 11.4 Å². The Labute approximate surface area is 116 Å². The standard InChI is InChI=1S/C10H9N5O4S/c1-2-9-12-13-10(20-9)11-7-4-3-6(14(16)17)5-8(7)15(18)19/h3-5H,2H2,1H3,(H,11,13). The van der Waals surface area contributed by atoms with Crippen LogP contribution in [0.5, 0.6) is 0 Å². The van der Waals surface area contributed by atoms with Gasteiger partial charge < -0.3 is 5.32 Å². The molecule has 104 valence electrons. The fourth-order valence-electron chi connectivity index (χ4n) is 1.45. The molecule has 1 heterocycles. The Balaban J connectivity index is 2.35. The molecule has 1 aromatic carbocycles. The minimum absolute atomic E-state index is 0.138. The van der Waals surface area contributed by atoms with E-state index in [1.807, 2.05) is 6.92 Å². The summed E-state index contributed by atoms with van der Waals surface area (Å²) in [6.07, 6.45) is 0.710. The first kappa shape index (κ1) is 13.8. The molecule has 0 aliphatic heterocycles. The molecule has 0 radical (unpaired) electrons. The molecule has 0 unspecified atom stereocenters. The monoisotopic (exact) mass is 295 g/mol. The van der Waals surface area contributed by atoms with Crippen molar-refractivity contribution in [3.8, 4) is 0 Å². The van der Waals surface area contributed by atoms with Gasteiger partial charge in [0.1, 0.15) is 10.7 Å². The average molecular weight is 295 g/mol. The highest BCUT2D eigenvalue weighted by Gasteiger charge is 2.20. The van der Waals surface area contributed by atoms with E-state index in [-0.39, 0.29) is 17.1 Å². The first-order valence-corrected chi connectivity index (χ1v) is 6.35. The first-order chi connectivity index (χ1) is 9.51. The van der Waals surface area contributed by atoms with Crippen LogP contribution in [0.15, 0.2) is 18.2 Å². The van der Waals surface area contributed by atoms with E-state index in [1.54, 1.807) is 0 Å². The van der Waals surface area contributed by atoms with Gasteiger partial charge in [0.2, 0.25) is 5.13 Å². The van der Waals surface area contributed by atoms with Crippen LogP contribution >= 0.6 is 11.3 Å². The van der Waals surface area contributed by atoms with Crippen molar-refractivity contribution in [3.05, 3.63) is 43.4 Å². The third-order valence-corrected chi connectivity index (χ3v) is 3.38. The summed E-state index contributed by atoms with van der Waals surface area (Å²) < 4.78 is 0. The number of aromatic nitrogens is 2. The molecule has 0 saturated heterocycles. The molecule has 9 nitrogen and oxygen atoms in total. The Kier molecular flexibility index (Phi) is 3.84. The molecule has 1 N–H and O–H groups in total. The summed E-state index contributed by atoms with van der Waals surface area (Å²) >= 11 is 1.27. The second-order valence-corrected chi connectivity index (χ2v) is 4.76. The zero-order valence-electron chi connectivity index (χ0n) is 10.3. The van der Waals surface area contributed by atoms with Gasteiger partial charge in [-0.25, -0.2) is 0 Å². The largest absolute Gasteiger partial charge is 0.324 e. The van der Waals surface area contributed by atoms with E-state index in [2.05, 4.69) is 15.5 Å². The topological polar surface area (TPSA) is 124 Å². The number of nitrogens with zero attached hydrogens (tertiary/aromatic N) is 4. The van der Waals surface area contributed by atoms with E-state index < -0.39 is 9.85 Å². The molecular weight excluding hydrogens is 286 g/mol. The van der Waals surface area contributed by atoms with Gasteiger partial charge in [0, 0.05) is 6.07 Å². The van der Waals surface area contributed by atoms with Crippen LogP contribution in [0.25, 0.3) is 0 Å². The SMILES string of the molecule is CCc1nnc(Nc2ccc([N+](=O)[O-])cc2[N+](=O)[O-])s1. The number of benzene rings is 1. The second-order valence-electron chi connectivity index (χ2n) is 3.70. The second kappa shape index (κ2) is 5.57. The zero-order chi connectivity index (χ0) is 14.7. The van der Waals surface area contributed by atoms with E-state index >= 15 is 0 Å². The highest BCUT2D eigenvalue weighted by atomic mass is 32.1. The maximum Gasteiger partial charge on any atom is 0.299 e. The van der Waals surface area contributed by atoms with Crippen LogP contribution in [-0.4, -0.2) is 20.0 Å². The normalized spacial score (nSPS) is 10.2. The maximum absolute atomic E-state index is 11.0. The van der Waals surface area contributed by atoms with Gasteiger partial charge in [-0.05, 0) is 12.5 Å². The summed E-state index contributed by atoms with van der Waals surface area (Å²) in [4.78, 5) is 20.2. The predicted molar refractivity (Wildman–Crippen MR) is 72.3 cm³/mol. The Bertz CT molecular complexity index is 671. The molecule has 2 aromatic rings. The number of anilines is 2. The lowest BCUT2D eigenvalue weighted by atomic mass is 10.2. The summed E-state index contributed by atoms with van der Waals surface area (Å²) in [6, 6.07) is 3.38. The van der Waals surface area contributed by atoms with E-state index in [0.717, 1.165) is 11.1 Å². The third kappa shape index (κ3) is 2.85. The Morgan fingerprint density at radius 2 is 2.00 bits per heavy atom. The molecule has 0 bridgehead atoms. The lowest BCUT2D eigenvalue weighted by Crippen LogP contribution is -1.98. The van der Waals surface area contributed by atoms with Crippen LogP contribution < -0.4 is 5.32 Å². The van der Waals surface area contributed by atoms with Crippen LogP contribution in [-0.2, 0) is 6.42 Å². The summed E-state index contributed by atoms with van der Waals surface area (Å²) in [6.45, 7) is 1.92. The smallest absolute Gasteiger partial charge is 0.299 e. The number of nitro benzene ring substituents is 2. The van der Waals surface area contributed by atoms with Gasteiger partial charge in [0.15, 0.2) is 0 Å². The van der Waals surface area contributed by atoms with Crippen molar-refractivity contribution >= 4 is 33.5 Å². The Hall–Kier alpha value is -2.62. The van der Waals surface area contributed by atoms with Crippen LogP contribution in [0.1, 0.15) is 11.9 Å². The number of aryl methyl sites for hydroxylation is 1. The molecule has 10 heteroatoms. The summed E-state index contributed by atoms with van der Waals surface area (Å²) in [5.74, 6) is 0. The van der Waals surface area contributed by atoms with Crippen molar-refractivity contribution in [1.29, 1.82) is 0 Å². The fourth-order valence-corrected chi connectivity index (χ4v) is 2.14. The Morgan fingerprint density at radius 3 is 2.55 bits per heavy atom. The van der Waals surface area contributed by atoms with Crippen LogP contribution in [0.2, 0.25) is 0 Å². The van der Waals surface area contributed by atoms with Crippen LogP contribution in [0.3, 0.4) is 0 Å². The van der Waals surface area contributed by atoms with Gasteiger partial charge in [-0.3, -0.25) is 20.2 Å². The average Bonchev–Trinajstić information content (AvgIpc) is 2.86. The fraction of sp³-hybridized carbons (Fsp3) is 0.200. The zero-order valence-corrected chi connectivity index (χ0v) is 11.1. The van der Waals surface area contributed by atoms with Crippen molar-refractivity contribution in [2.24, 2.45) is 0 Å². The predicted octanol–water partition coefficient (Wildman–Crippen LogP) is 2.66. The highest BCUT2D eigenvalue weighted by Crippen LogP contribution is 2.32. The summed E-state index contributed by atoms with van der Waals surface area (Å²) in [5, 5.41) is 33.3. The van der Waals surface area contributed by atoms with Crippen molar-refractivity contribution < 1.29 is 9.85 Å². The highest BCUT2D eigenvalue weighted by molar-refractivity contribution is 7.15. The number of nitrogens with one attached hydrogen (secondary N) is 1. The van der Waals surface area contributed by atoms with Crippen molar-refractivity contribution in [2.45, 2.75) is 13.3 Å². The quantitative estimate of drug-likeness (QED) is 0.664. The molecule has 0 saturated carbocycles. The lowest BCUT2D eigenvalue weighted by Gasteiger charge is -2.02. The molecule has 2 rings (SSSR count). The Morgan fingerprint density at radius 1 is 1.25 bits per heavy atom. The number of hydrogen-bond donors (Lipinski definition) is 1. The van der Waals surface area contributed by atoms with E-state index in [9.17, 15) is 20.2 Å². The maximum atomic E-state index is 11.0. The van der Waals surface area contributed by atoms with Crippen LogP contribution in [0.4, 0.5) is 22.2 Å². The molecule has 0 fully saturated rings. The lowest BCUT2D eigenvalue weighted by molar-refractivity contribution is -0.393. The van der Waals surface area contributed by atoms with Gasteiger partial charge in [-0.15, -0.1) is 10.2 Å². The summed E-state index contributed by atoms with van der Waals surface area (Å²) in [5.41, 5.74) is -0.583. The van der Waals surface area contributed by atoms with E-state index in [1.165, 1.54) is 23.5 Å². The van der Waals surface area contributed by atoms with Crippen LogP contribution in [0, 0.1) is 20.2 Å². The van der Waals surface area contributed by atoms with Crippen molar-refractivity contribution in [2.75, 3.05) is 5.32 Å². The third-order valence-electron chi connectivity index (χ3n) is 2.40. The minimum Gasteiger partial charge on any atom is -0.324 e. The summed E-state index contributed by atoms with van der Waals surface area (Å²) in [7, 11) is 0. The van der Waals surface area contributed by atoms with Crippen molar-refractivity contribution in [3.63, 3.8) is 0 Å². The molecule has 0 aliphatic carbocycles. The molecule has 0 amide bonds. The molecule has 0 spiro atoms. The number of non-ortho nitro benzene ring substituents is 1. The molecule has 0 atom stereocenters. The number of rotatable bonds is 5. The number of hydrogen-bond acceptors (Lipinski definition) is 8. The first-order valence-electron chi connectivity index (χ1n) is 5.53.